The average molecular weight is 422 g/mol. The average Bonchev–Trinajstić information content (AvgIpc) is 3.13. The van der Waals surface area contributed by atoms with Crippen molar-refractivity contribution >= 4 is 17.0 Å². The van der Waals surface area contributed by atoms with Crippen molar-refractivity contribution in [1.29, 1.82) is 0 Å². The maximum atomic E-state index is 14.8. The summed E-state index contributed by atoms with van der Waals surface area (Å²) in [5.41, 5.74) is 2.27. The summed E-state index contributed by atoms with van der Waals surface area (Å²) in [4.78, 5) is 26.5. The van der Waals surface area contributed by atoms with E-state index in [1.807, 2.05) is 0 Å². The molecule has 0 amide bonds. The molecule has 0 radical (unpaired) electrons. The highest BCUT2D eigenvalue weighted by Crippen LogP contribution is 2.31. The maximum absolute atomic E-state index is 14.8. The molecule has 7 nitrogen and oxygen atoms in total. The second kappa shape index (κ2) is 7.42. The number of carboxylic acid groups (broad SMARTS) is 1. The second-order valence-corrected chi connectivity index (χ2v) is 7.43. The molecular formula is C22H16F2N4O3. The number of carbonyl (C=O) groups is 1. The highest BCUT2D eigenvalue weighted by molar-refractivity contribution is 5.80. The minimum atomic E-state index is -0.818. The number of imidazole rings is 1. The van der Waals surface area contributed by atoms with Crippen LogP contribution in [0.15, 0.2) is 48.8 Å². The first-order valence-corrected chi connectivity index (χ1v) is 9.63. The van der Waals surface area contributed by atoms with Gasteiger partial charge in [0.25, 0.3) is 0 Å². The molecule has 2 aromatic heterocycles. The van der Waals surface area contributed by atoms with Gasteiger partial charge in [-0.2, -0.15) is 0 Å². The number of H-pyrrole nitrogens is 1. The fourth-order valence-corrected chi connectivity index (χ4v) is 3.53. The Morgan fingerprint density at radius 2 is 1.94 bits per heavy atom. The molecule has 156 valence electrons. The van der Waals surface area contributed by atoms with Crippen LogP contribution in [0.25, 0.3) is 33.7 Å². The molecule has 0 unspecified atom stereocenters. The molecule has 5 rings (SSSR count). The van der Waals surface area contributed by atoms with Gasteiger partial charge in [-0.15, -0.1) is 0 Å². The Kier molecular flexibility index (Phi) is 4.58. The molecule has 9 heteroatoms. The standard InChI is InChI=1S/C22H16F2N4O3/c23-13-2-4-17-18(8-13)28-21(27-17)15-3-1-11(7-16(15)24)19-9-26-20(10-25-19)31-14-5-12(6-14)22(29)30/h1-4,7-10,12,14H,5-6H2,(H,27,28)(H,29,30)/t12-,14+. The third-order valence-corrected chi connectivity index (χ3v) is 5.32. The zero-order valence-corrected chi connectivity index (χ0v) is 16.0. The van der Waals surface area contributed by atoms with Crippen molar-refractivity contribution in [3.05, 3.63) is 60.4 Å². The van der Waals surface area contributed by atoms with Crippen LogP contribution in [0.3, 0.4) is 0 Å². The topological polar surface area (TPSA) is 101 Å². The van der Waals surface area contributed by atoms with Crippen LogP contribution in [0, 0.1) is 17.6 Å². The predicted molar refractivity (Wildman–Crippen MR) is 107 cm³/mol. The minimum absolute atomic E-state index is 0.185. The smallest absolute Gasteiger partial charge is 0.306 e. The number of aromatic nitrogens is 4. The molecule has 0 bridgehead atoms. The van der Waals surface area contributed by atoms with E-state index < -0.39 is 17.6 Å². The lowest BCUT2D eigenvalue weighted by molar-refractivity contribution is -0.148. The second-order valence-electron chi connectivity index (χ2n) is 7.43. The Morgan fingerprint density at radius 1 is 1.10 bits per heavy atom. The number of ether oxygens (including phenoxy) is 1. The number of halogens is 2. The normalized spacial score (nSPS) is 18.0. The Bertz CT molecular complexity index is 1280. The number of aliphatic carboxylic acids is 1. The quantitative estimate of drug-likeness (QED) is 0.500. The number of nitrogens with zero attached hydrogens (tertiary/aromatic N) is 3. The van der Waals surface area contributed by atoms with Crippen LogP contribution in [-0.2, 0) is 4.79 Å². The lowest BCUT2D eigenvalue weighted by Gasteiger charge is -2.31. The van der Waals surface area contributed by atoms with E-state index in [-0.39, 0.29) is 17.6 Å². The Balaban J connectivity index is 1.33. The van der Waals surface area contributed by atoms with E-state index in [1.54, 1.807) is 18.2 Å². The van der Waals surface area contributed by atoms with Crippen molar-refractivity contribution in [2.45, 2.75) is 18.9 Å². The van der Waals surface area contributed by atoms with Gasteiger partial charge < -0.3 is 14.8 Å². The van der Waals surface area contributed by atoms with Gasteiger partial charge in [-0.05, 0) is 37.1 Å². The highest BCUT2D eigenvalue weighted by atomic mass is 19.1. The van der Waals surface area contributed by atoms with E-state index in [4.69, 9.17) is 9.84 Å². The summed E-state index contributed by atoms with van der Waals surface area (Å²) in [7, 11) is 0. The van der Waals surface area contributed by atoms with Gasteiger partial charge in [0.05, 0.1) is 40.6 Å². The zero-order chi connectivity index (χ0) is 21.5. The van der Waals surface area contributed by atoms with E-state index >= 15 is 0 Å². The summed E-state index contributed by atoms with van der Waals surface area (Å²) in [6.45, 7) is 0. The van der Waals surface area contributed by atoms with Crippen LogP contribution in [-0.4, -0.2) is 37.1 Å². The molecule has 1 aliphatic carbocycles. The SMILES string of the molecule is O=C(O)[C@H]1C[C@@H](Oc2cnc(-c3ccc(-c4nc5cc(F)ccc5[nH]4)c(F)c3)cn2)C1. The van der Waals surface area contributed by atoms with E-state index in [0.29, 0.717) is 46.8 Å². The number of aromatic amines is 1. The Morgan fingerprint density at radius 3 is 2.65 bits per heavy atom. The summed E-state index contributed by atoms with van der Waals surface area (Å²) in [5.74, 6) is -1.50. The lowest BCUT2D eigenvalue weighted by atomic mass is 9.82. The number of hydrogen-bond donors (Lipinski definition) is 2. The summed E-state index contributed by atoms with van der Waals surface area (Å²) >= 11 is 0. The molecule has 1 saturated carbocycles. The summed E-state index contributed by atoms with van der Waals surface area (Å²) < 4.78 is 33.8. The van der Waals surface area contributed by atoms with Gasteiger partial charge in [0.1, 0.15) is 23.6 Å². The Hall–Kier alpha value is -3.88. The fourth-order valence-electron chi connectivity index (χ4n) is 3.53. The van der Waals surface area contributed by atoms with E-state index in [2.05, 4.69) is 19.9 Å². The molecule has 0 spiro atoms. The van der Waals surface area contributed by atoms with Crippen LogP contribution in [0.2, 0.25) is 0 Å². The molecule has 31 heavy (non-hydrogen) atoms. The third-order valence-electron chi connectivity index (χ3n) is 5.32. The van der Waals surface area contributed by atoms with Crippen LogP contribution in [0.1, 0.15) is 12.8 Å². The molecule has 2 N–H and O–H groups in total. The molecule has 2 heterocycles. The molecule has 0 aliphatic heterocycles. The van der Waals surface area contributed by atoms with Crippen LogP contribution < -0.4 is 4.74 Å². The van der Waals surface area contributed by atoms with Crippen molar-refractivity contribution < 1.29 is 23.4 Å². The Labute approximate surface area is 174 Å². The lowest BCUT2D eigenvalue weighted by Crippen LogP contribution is -2.38. The number of nitrogens with one attached hydrogen (secondary N) is 1. The van der Waals surface area contributed by atoms with Crippen molar-refractivity contribution in [1.82, 2.24) is 19.9 Å². The minimum Gasteiger partial charge on any atom is -0.481 e. The number of carboxylic acids is 1. The molecular weight excluding hydrogens is 406 g/mol. The number of rotatable bonds is 5. The van der Waals surface area contributed by atoms with Crippen LogP contribution in [0.5, 0.6) is 5.88 Å². The van der Waals surface area contributed by atoms with Gasteiger partial charge in [0.2, 0.25) is 5.88 Å². The fraction of sp³-hybridized carbons (Fsp3) is 0.182. The van der Waals surface area contributed by atoms with E-state index in [1.165, 1.54) is 30.6 Å². The summed E-state index contributed by atoms with van der Waals surface area (Å²) in [5, 5.41) is 8.91. The van der Waals surface area contributed by atoms with Crippen molar-refractivity contribution in [3.8, 4) is 28.5 Å². The summed E-state index contributed by atoms with van der Waals surface area (Å²) in [6.07, 6.45) is 3.61. The van der Waals surface area contributed by atoms with Crippen molar-refractivity contribution in [3.63, 3.8) is 0 Å². The van der Waals surface area contributed by atoms with Gasteiger partial charge in [-0.3, -0.25) is 4.79 Å². The highest BCUT2D eigenvalue weighted by Gasteiger charge is 2.36. The first kappa shape index (κ1) is 19.1. The zero-order valence-electron chi connectivity index (χ0n) is 16.0. The van der Waals surface area contributed by atoms with Gasteiger partial charge in [0.15, 0.2) is 0 Å². The van der Waals surface area contributed by atoms with Gasteiger partial charge >= 0.3 is 5.97 Å². The first-order chi connectivity index (χ1) is 15.0. The molecule has 1 fully saturated rings. The van der Waals surface area contributed by atoms with Gasteiger partial charge in [-0.1, -0.05) is 6.07 Å². The van der Waals surface area contributed by atoms with E-state index in [9.17, 15) is 13.6 Å². The van der Waals surface area contributed by atoms with E-state index in [0.717, 1.165) is 0 Å². The number of benzene rings is 2. The maximum Gasteiger partial charge on any atom is 0.306 e. The predicted octanol–water partition coefficient (Wildman–Crippen LogP) is 4.21. The van der Waals surface area contributed by atoms with Gasteiger partial charge in [0, 0.05) is 11.6 Å². The monoisotopic (exact) mass is 422 g/mol. The molecule has 2 aromatic carbocycles. The largest absolute Gasteiger partial charge is 0.481 e. The molecule has 1 aliphatic rings. The van der Waals surface area contributed by atoms with Gasteiger partial charge in [-0.25, -0.2) is 23.7 Å². The molecule has 0 saturated heterocycles. The molecule has 0 atom stereocenters. The van der Waals surface area contributed by atoms with Crippen molar-refractivity contribution in [2.24, 2.45) is 5.92 Å². The number of hydrogen-bond acceptors (Lipinski definition) is 5. The molecule has 4 aromatic rings. The third kappa shape index (κ3) is 3.70. The van der Waals surface area contributed by atoms with Crippen LogP contribution in [0.4, 0.5) is 8.78 Å². The summed E-state index contributed by atoms with van der Waals surface area (Å²) in [6, 6.07) is 8.75. The van der Waals surface area contributed by atoms with Crippen LogP contribution >= 0.6 is 0 Å². The van der Waals surface area contributed by atoms with Crippen molar-refractivity contribution in [2.75, 3.05) is 0 Å². The number of fused-ring (bicyclic) bond motifs is 1. The first-order valence-electron chi connectivity index (χ1n) is 9.63.